The zero-order valence-corrected chi connectivity index (χ0v) is 13.4. The maximum Gasteiger partial charge on any atom is 0.236 e. The van der Waals surface area contributed by atoms with Crippen molar-refractivity contribution in [2.24, 2.45) is 11.7 Å². The Bertz CT molecular complexity index is 604. The van der Waals surface area contributed by atoms with Crippen molar-refractivity contribution in [3.63, 3.8) is 0 Å². The number of carbonyl (C=O) groups is 1. The lowest BCUT2D eigenvalue weighted by Crippen LogP contribution is -2.39. The van der Waals surface area contributed by atoms with Crippen molar-refractivity contribution in [3.05, 3.63) is 40.8 Å². The normalized spacial score (nSPS) is 12.4. The highest BCUT2D eigenvalue weighted by Crippen LogP contribution is 2.11. The van der Waals surface area contributed by atoms with Gasteiger partial charge in [0.25, 0.3) is 0 Å². The minimum atomic E-state index is -3.67. The molecule has 1 aromatic carbocycles. The summed E-state index contributed by atoms with van der Waals surface area (Å²) in [6.45, 7) is 5.67. The maximum absolute atomic E-state index is 12.3. The van der Waals surface area contributed by atoms with E-state index in [1.807, 2.05) is 45.0 Å². The topological polar surface area (TPSA) is 80.5 Å². The van der Waals surface area contributed by atoms with Gasteiger partial charge in [-0.3, -0.25) is 4.79 Å². The Hall–Kier alpha value is -1.66. The summed E-state index contributed by atoms with van der Waals surface area (Å²) in [5, 5.41) is 1.11. The second kappa shape index (κ2) is 7.38. The first-order chi connectivity index (χ1) is 9.70. The number of sulfonamides is 1. The van der Waals surface area contributed by atoms with Crippen LogP contribution in [0.15, 0.2) is 29.7 Å². The lowest BCUT2D eigenvalue weighted by Gasteiger charge is -2.20. The van der Waals surface area contributed by atoms with Gasteiger partial charge in [0.2, 0.25) is 15.9 Å². The van der Waals surface area contributed by atoms with Crippen molar-refractivity contribution in [2.45, 2.75) is 20.8 Å². The molecule has 1 amide bonds. The zero-order valence-electron chi connectivity index (χ0n) is 12.6. The second-order valence-corrected chi connectivity index (χ2v) is 7.23. The summed E-state index contributed by atoms with van der Waals surface area (Å²) < 4.78 is 25.6. The molecule has 0 aromatic heterocycles. The molecule has 0 spiro atoms. The van der Waals surface area contributed by atoms with E-state index in [2.05, 4.69) is 0 Å². The molecule has 0 radical (unpaired) electrons. The minimum Gasteiger partial charge on any atom is -0.369 e. The quantitative estimate of drug-likeness (QED) is 0.833. The van der Waals surface area contributed by atoms with Crippen LogP contribution in [0.5, 0.6) is 0 Å². The van der Waals surface area contributed by atoms with Gasteiger partial charge in [0.1, 0.15) is 0 Å². The fourth-order valence-electron chi connectivity index (χ4n) is 1.77. The van der Waals surface area contributed by atoms with Gasteiger partial charge in [0, 0.05) is 12.0 Å². The Morgan fingerprint density at radius 3 is 2.33 bits per heavy atom. The molecule has 1 aromatic rings. The lowest BCUT2D eigenvalue weighted by atomic mass is 10.2. The monoisotopic (exact) mass is 310 g/mol. The summed E-state index contributed by atoms with van der Waals surface area (Å²) in [5.41, 5.74) is 7.01. The van der Waals surface area contributed by atoms with Gasteiger partial charge < -0.3 is 5.73 Å². The lowest BCUT2D eigenvalue weighted by molar-refractivity contribution is -0.118. The van der Waals surface area contributed by atoms with E-state index in [-0.39, 0.29) is 19.0 Å². The fraction of sp³-hybridized carbons (Fsp3) is 0.400. The number of benzene rings is 1. The van der Waals surface area contributed by atoms with Crippen LogP contribution in [0.4, 0.5) is 0 Å². The summed E-state index contributed by atoms with van der Waals surface area (Å²) in [6, 6.07) is 7.48. The molecule has 0 aliphatic carbocycles. The average molecular weight is 310 g/mol. The Morgan fingerprint density at radius 2 is 1.86 bits per heavy atom. The van der Waals surface area contributed by atoms with Crippen LogP contribution in [0.2, 0.25) is 0 Å². The van der Waals surface area contributed by atoms with E-state index in [0.29, 0.717) is 0 Å². The molecular weight excluding hydrogens is 288 g/mol. The largest absolute Gasteiger partial charge is 0.369 e. The predicted molar refractivity (Wildman–Crippen MR) is 84.7 cm³/mol. The second-order valence-electron chi connectivity index (χ2n) is 5.41. The van der Waals surface area contributed by atoms with Crippen molar-refractivity contribution in [2.75, 3.05) is 13.1 Å². The molecule has 0 saturated carbocycles. The summed E-state index contributed by atoms with van der Waals surface area (Å²) in [7, 11) is -3.67. The number of rotatable bonds is 7. The third-order valence-electron chi connectivity index (χ3n) is 2.77. The molecule has 0 aliphatic heterocycles. The van der Waals surface area contributed by atoms with Crippen LogP contribution < -0.4 is 5.73 Å². The molecule has 0 unspecified atom stereocenters. The van der Waals surface area contributed by atoms with Crippen molar-refractivity contribution < 1.29 is 13.2 Å². The van der Waals surface area contributed by atoms with E-state index < -0.39 is 15.9 Å². The van der Waals surface area contributed by atoms with E-state index in [4.69, 9.17) is 5.73 Å². The van der Waals surface area contributed by atoms with Crippen LogP contribution >= 0.6 is 0 Å². The number of aryl methyl sites for hydroxylation is 1. The van der Waals surface area contributed by atoms with Gasteiger partial charge in [-0.1, -0.05) is 43.7 Å². The number of hydrogen-bond donors (Lipinski definition) is 1. The highest BCUT2D eigenvalue weighted by atomic mass is 32.2. The fourth-order valence-corrected chi connectivity index (χ4v) is 3.08. The molecule has 0 bridgehead atoms. The van der Waals surface area contributed by atoms with E-state index in [9.17, 15) is 13.2 Å². The first-order valence-electron chi connectivity index (χ1n) is 6.74. The van der Waals surface area contributed by atoms with E-state index in [0.717, 1.165) is 20.8 Å². The smallest absolute Gasteiger partial charge is 0.236 e. The number of nitrogens with two attached hydrogens (primary N) is 1. The molecule has 116 valence electrons. The molecule has 0 saturated heterocycles. The van der Waals surface area contributed by atoms with Gasteiger partial charge in [-0.25, -0.2) is 8.42 Å². The Balaban J connectivity index is 2.94. The first kappa shape index (κ1) is 17.4. The molecule has 0 heterocycles. The molecule has 0 aliphatic rings. The van der Waals surface area contributed by atoms with Crippen molar-refractivity contribution >= 4 is 22.0 Å². The van der Waals surface area contributed by atoms with Gasteiger partial charge in [-0.2, -0.15) is 4.31 Å². The number of amides is 1. The number of carbonyl (C=O) groups excluding carboxylic acids is 1. The summed E-state index contributed by atoms with van der Waals surface area (Å²) >= 11 is 0. The average Bonchev–Trinajstić information content (AvgIpc) is 2.36. The SMILES string of the molecule is Cc1ccc(/C=C\S(=O)(=O)N(CC(N)=O)CC(C)C)cc1. The molecular formula is C15H22N2O3S. The summed E-state index contributed by atoms with van der Waals surface area (Å²) in [5.74, 6) is -0.560. The molecule has 6 heteroatoms. The maximum atomic E-state index is 12.3. The van der Waals surface area contributed by atoms with Crippen molar-refractivity contribution in [3.8, 4) is 0 Å². The van der Waals surface area contributed by atoms with Gasteiger partial charge in [0.15, 0.2) is 0 Å². The van der Waals surface area contributed by atoms with Gasteiger partial charge >= 0.3 is 0 Å². The molecule has 5 nitrogen and oxygen atoms in total. The third-order valence-corrected chi connectivity index (χ3v) is 4.25. The van der Waals surface area contributed by atoms with Crippen molar-refractivity contribution in [1.29, 1.82) is 0 Å². The van der Waals surface area contributed by atoms with Crippen LogP contribution in [-0.2, 0) is 14.8 Å². The highest BCUT2D eigenvalue weighted by molar-refractivity contribution is 7.92. The Morgan fingerprint density at radius 1 is 1.29 bits per heavy atom. The van der Waals surface area contributed by atoms with Crippen molar-refractivity contribution in [1.82, 2.24) is 4.31 Å². The summed E-state index contributed by atoms with van der Waals surface area (Å²) in [4.78, 5) is 11.0. The predicted octanol–water partition coefficient (Wildman–Crippen LogP) is 1.74. The first-order valence-corrected chi connectivity index (χ1v) is 8.24. The van der Waals surface area contributed by atoms with Crippen LogP contribution in [0.3, 0.4) is 0 Å². The Kier molecular flexibility index (Phi) is 6.11. The molecule has 21 heavy (non-hydrogen) atoms. The standard InChI is InChI=1S/C15H22N2O3S/c1-12(2)10-17(11-15(16)18)21(19,20)9-8-14-6-4-13(3)5-7-14/h4-9,12H,10-11H2,1-3H3,(H2,16,18)/b9-8-. The number of primary amides is 1. The van der Waals surface area contributed by atoms with Crippen LogP contribution in [0, 0.1) is 12.8 Å². The van der Waals surface area contributed by atoms with E-state index in [1.54, 1.807) is 0 Å². The minimum absolute atomic E-state index is 0.104. The molecule has 0 atom stereocenters. The molecule has 0 fully saturated rings. The molecule has 1 rings (SSSR count). The Labute approximate surface area is 126 Å². The van der Waals surface area contributed by atoms with E-state index >= 15 is 0 Å². The highest BCUT2D eigenvalue weighted by Gasteiger charge is 2.21. The van der Waals surface area contributed by atoms with Crippen LogP contribution in [0.1, 0.15) is 25.0 Å². The van der Waals surface area contributed by atoms with Gasteiger partial charge in [-0.05, 0) is 24.5 Å². The molecule has 2 N–H and O–H groups in total. The van der Waals surface area contributed by atoms with Crippen LogP contribution in [0.25, 0.3) is 6.08 Å². The number of nitrogens with zero attached hydrogens (tertiary/aromatic N) is 1. The van der Waals surface area contributed by atoms with E-state index in [1.165, 1.54) is 6.08 Å². The zero-order chi connectivity index (χ0) is 16.0. The van der Waals surface area contributed by atoms with Gasteiger partial charge in [-0.15, -0.1) is 0 Å². The van der Waals surface area contributed by atoms with Crippen LogP contribution in [-0.4, -0.2) is 31.7 Å². The number of hydrogen-bond acceptors (Lipinski definition) is 3. The summed E-state index contributed by atoms with van der Waals surface area (Å²) in [6.07, 6.45) is 1.52. The third kappa shape index (κ3) is 6.10. The van der Waals surface area contributed by atoms with Gasteiger partial charge in [0.05, 0.1) is 6.54 Å².